The molecule has 0 unspecified atom stereocenters. The Labute approximate surface area is 203 Å². The predicted molar refractivity (Wildman–Crippen MR) is 129 cm³/mol. The lowest BCUT2D eigenvalue weighted by Crippen LogP contribution is -2.34. The summed E-state index contributed by atoms with van der Waals surface area (Å²) in [6.07, 6.45) is 7.51. The third-order valence-electron chi connectivity index (χ3n) is 5.90. The first-order valence-electron chi connectivity index (χ1n) is 11.8. The summed E-state index contributed by atoms with van der Waals surface area (Å²) in [5, 5.41) is 19.7. The molecule has 186 valence electrons. The molecular weight excluding hydrogens is 450 g/mol. The van der Waals surface area contributed by atoms with Crippen molar-refractivity contribution in [3.8, 4) is 11.6 Å². The van der Waals surface area contributed by atoms with Gasteiger partial charge in [0.2, 0.25) is 11.6 Å². The summed E-state index contributed by atoms with van der Waals surface area (Å²) < 4.78 is 11.8. The van der Waals surface area contributed by atoms with Crippen molar-refractivity contribution in [1.82, 2.24) is 35.6 Å². The van der Waals surface area contributed by atoms with E-state index in [1.165, 1.54) is 23.9 Å². The minimum absolute atomic E-state index is 0.0614. The minimum Gasteiger partial charge on any atom is -0.491 e. The molecule has 3 aromatic rings. The molecule has 1 fully saturated rings. The van der Waals surface area contributed by atoms with Crippen LogP contribution in [0.25, 0.3) is 5.82 Å². The lowest BCUT2D eigenvalue weighted by atomic mass is 9.94. The van der Waals surface area contributed by atoms with Crippen molar-refractivity contribution in [2.75, 3.05) is 12.8 Å². The summed E-state index contributed by atoms with van der Waals surface area (Å²) in [5.41, 5.74) is 9.89. The average Bonchev–Trinajstić information content (AvgIpc) is 3.46. The van der Waals surface area contributed by atoms with E-state index in [-0.39, 0.29) is 23.4 Å². The van der Waals surface area contributed by atoms with Crippen LogP contribution in [0.3, 0.4) is 0 Å². The maximum absolute atomic E-state index is 13.0. The maximum atomic E-state index is 13.0. The number of aromatic nitrogens is 5. The van der Waals surface area contributed by atoms with Crippen molar-refractivity contribution in [2.24, 2.45) is 5.10 Å². The molecule has 3 N–H and O–H groups in total. The topological polar surface area (TPSA) is 150 Å². The van der Waals surface area contributed by atoms with E-state index >= 15 is 0 Å². The van der Waals surface area contributed by atoms with Crippen LogP contribution in [0, 0.1) is 0 Å². The summed E-state index contributed by atoms with van der Waals surface area (Å²) in [5.74, 6) is 0.530. The molecule has 35 heavy (non-hydrogen) atoms. The van der Waals surface area contributed by atoms with E-state index in [0.29, 0.717) is 18.3 Å². The van der Waals surface area contributed by atoms with Crippen LogP contribution >= 0.6 is 0 Å². The Morgan fingerprint density at radius 1 is 1.29 bits per heavy atom. The van der Waals surface area contributed by atoms with E-state index in [1.54, 1.807) is 6.21 Å². The molecule has 0 saturated heterocycles. The molecule has 4 rings (SSSR count). The number of rotatable bonds is 9. The van der Waals surface area contributed by atoms with Gasteiger partial charge in [0.25, 0.3) is 5.91 Å². The molecule has 2 aromatic heterocycles. The number of carbonyl (C=O) groups excluding carboxylic acids is 1. The molecule has 0 bridgehead atoms. The Hall–Kier alpha value is -3.80. The van der Waals surface area contributed by atoms with Gasteiger partial charge in [-0.05, 0) is 73.9 Å². The normalized spacial score (nSPS) is 14.8. The van der Waals surface area contributed by atoms with Crippen LogP contribution in [0.4, 0.5) is 5.82 Å². The van der Waals surface area contributed by atoms with E-state index < -0.39 is 5.91 Å². The highest BCUT2D eigenvalue weighted by molar-refractivity contribution is 5.94. The van der Waals surface area contributed by atoms with Crippen molar-refractivity contribution < 1.29 is 14.2 Å². The van der Waals surface area contributed by atoms with Gasteiger partial charge in [0.15, 0.2) is 5.69 Å². The number of hydrogen-bond donors (Lipinski definition) is 2. The first-order chi connectivity index (χ1) is 16.9. The number of nitrogen functional groups attached to an aromatic ring is 1. The highest BCUT2D eigenvalue weighted by Gasteiger charge is 2.27. The summed E-state index contributed by atoms with van der Waals surface area (Å²) in [4.78, 5) is 15.2. The van der Waals surface area contributed by atoms with Crippen LogP contribution in [0.1, 0.15) is 67.7 Å². The number of nitrogens with two attached hydrogens (primary N) is 1. The van der Waals surface area contributed by atoms with Gasteiger partial charge in [-0.25, -0.2) is 10.1 Å². The molecule has 1 aliphatic rings. The van der Waals surface area contributed by atoms with Crippen molar-refractivity contribution in [2.45, 2.75) is 64.6 Å². The van der Waals surface area contributed by atoms with Crippen LogP contribution in [-0.4, -0.2) is 61.5 Å². The minimum atomic E-state index is -0.491. The van der Waals surface area contributed by atoms with Gasteiger partial charge < -0.3 is 10.5 Å². The van der Waals surface area contributed by atoms with Crippen molar-refractivity contribution in [1.29, 1.82) is 0 Å². The van der Waals surface area contributed by atoms with Crippen LogP contribution in [-0.2, 0) is 6.54 Å². The van der Waals surface area contributed by atoms with Crippen LogP contribution in [0.5, 0.6) is 5.75 Å². The molecule has 0 radical (unpaired) electrons. The summed E-state index contributed by atoms with van der Waals surface area (Å²) in [7, 11) is 2.03. The van der Waals surface area contributed by atoms with Gasteiger partial charge in [-0.2, -0.15) is 9.78 Å². The van der Waals surface area contributed by atoms with Crippen LogP contribution in [0.2, 0.25) is 0 Å². The number of nitrogens with zero attached hydrogens (tertiary/aromatic N) is 7. The van der Waals surface area contributed by atoms with Crippen molar-refractivity contribution in [3.63, 3.8) is 0 Å². The lowest BCUT2D eigenvalue weighted by molar-refractivity contribution is 0.0947. The van der Waals surface area contributed by atoms with Gasteiger partial charge in [0, 0.05) is 12.6 Å². The second kappa shape index (κ2) is 11.1. The highest BCUT2D eigenvalue weighted by atomic mass is 16.6. The van der Waals surface area contributed by atoms with E-state index in [0.717, 1.165) is 24.2 Å². The smallest absolute Gasteiger partial charge is 0.293 e. The van der Waals surface area contributed by atoms with E-state index in [1.807, 2.05) is 45.2 Å². The number of hydrazone groups is 1. The van der Waals surface area contributed by atoms with Gasteiger partial charge in [0.1, 0.15) is 5.75 Å². The molecule has 12 heteroatoms. The monoisotopic (exact) mass is 481 g/mol. The number of benzene rings is 1. The molecule has 0 atom stereocenters. The van der Waals surface area contributed by atoms with E-state index in [9.17, 15) is 4.79 Å². The second-order valence-electron chi connectivity index (χ2n) is 8.91. The summed E-state index contributed by atoms with van der Waals surface area (Å²) in [6.45, 7) is 4.36. The molecule has 2 heterocycles. The largest absolute Gasteiger partial charge is 0.491 e. The molecule has 1 amide bonds. The Bertz CT molecular complexity index is 1150. The molecule has 1 saturated carbocycles. The number of ether oxygens (including phenoxy) is 1. The zero-order chi connectivity index (χ0) is 24.8. The molecule has 12 nitrogen and oxygen atoms in total. The molecular formula is C23H31N9O3. The summed E-state index contributed by atoms with van der Waals surface area (Å²) in [6, 6.07) is 7.83. The number of amides is 1. The SMILES string of the molecule is CC(C)Oc1ccc(/C=N\NC(=O)c2nnn(-c3nonc3N)c2CN(C)C2CCCCC2)cc1. The van der Waals surface area contributed by atoms with Crippen molar-refractivity contribution >= 4 is 17.9 Å². The first-order valence-corrected chi connectivity index (χ1v) is 11.8. The van der Waals surface area contributed by atoms with Crippen LogP contribution < -0.4 is 15.9 Å². The Morgan fingerprint density at radius 2 is 2.03 bits per heavy atom. The zero-order valence-corrected chi connectivity index (χ0v) is 20.2. The fourth-order valence-corrected chi connectivity index (χ4v) is 4.14. The van der Waals surface area contributed by atoms with Gasteiger partial charge in [-0.3, -0.25) is 9.69 Å². The average molecular weight is 482 g/mol. The van der Waals surface area contributed by atoms with Crippen LogP contribution in [0.15, 0.2) is 34.0 Å². The Kier molecular flexibility index (Phi) is 7.70. The third-order valence-corrected chi connectivity index (χ3v) is 5.90. The Balaban J connectivity index is 1.50. The zero-order valence-electron chi connectivity index (χ0n) is 20.2. The second-order valence-corrected chi connectivity index (χ2v) is 8.91. The third kappa shape index (κ3) is 6.01. The van der Waals surface area contributed by atoms with Gasteiger partial charge in [0.05, 0.1) is 18.0 Å². The number of hydrogen-bond acceptors (Lipinski definition) is 10. The number of nitrogens with one attached hydrogen (secondary N) is 1. The number of carbonyl (C=O) groups is 1. The predicted octanol–water partition coefficient (Wildman–Crippen LogP) is 2.55. The molecule has 0 spiro atoms. The quantitative estimate of drug-likeness (QED) is 0.347. The standard InChI is InChI=1S/C23H31N9O3/c1-15(2)34-18-11-9-16(10-12-18)13-25-27-23(33)20-19(14-31(3)17-7-5-4-6-8-17)32(30-26-20)22-21(24)28-35-29-22/h9-13,15,17H,4-8,14H2,1-3H3,(H2,24,28)(H,27,33)/b25-13-. The fourth-order valence-electron chi connectivity index (χ4n) is 4.14. The van der Waals surface area contributed by atoms with Crippen molar-refractivity contribution in [3.05, 3.63) is 41.2 Å². The van der Waals surface area contributed by atoms with E-state index in [2.05, 4.69) is 36.1 Å². The Morgan fingerprint density at radius 3 is 2.69 bits per heavy atom. The summed E-state index contributed by atoms with van der Waals surface area (Å²) >= 11 is 0. The molecule has 1 aromatic carbocycles. The van der Waals surface area contributed by atoms with E-state index in [4.69, 9.17) is 15.1 Å². The number of anilines is 1. The lowest BCUT2D eigenvalue weighted by Gasteiger charge is -2.31. The maximum Gasteiger partial charge on any atom is 0.293 e. The first kappa shape index (κ1) is 24.3. The highest BCUT2D eigenvalue weighted by Crippen LogP contribution is 2.24. The molecule has 1 aliphatic carbocycles. The van der Waals surface area contributed by atoms with Gasteiger partial charge in [-0.1, -0.05) is 24.5 Å². The molecule has 0 aliphatic heterocycles. The van der Waals surface area contributed by atoms with Gasteiger partial charge >= 0.3 is 0 Å². The fraction of sp³-hybridized carbons (Fsp3) is 0.478. The van der Waals surface area contributed by atoms with Gasteiger partial charge in [-0.15, -0.1) is 5.10 Å².